The molecule has 0 saturated carbocycles. The van der Waals surface area contributed by atoms with Crippen LogP contribution in [0.15, 0.2) is 6.33 Å². The molecule has 212 valence electrons. The lowest BCUT2D eigenvalue weighted by Crippen LogP contribution is -2.35. The number of nitrogens with one attached hydrogen (secondary N) is 1. The van der Waals surface area contributed by atoms with Gasteiger partial charge in [-0.25, -0.2) is 4.98 Å². The smallest absolute Gasteiger partial charge is 0.229 e. The van der Waals surface area contributed by atoms with E-state index < -0.39 is 24.5 Å². The van der Waals surface area contributed by atoms with Gasteiger partial charge in [0.05, 0.1) is 12.9 Å². The van der Waals surface area contributed by atoms with Gasteiger partial charge in [0.25, 0.3) is 0 Å². The molecule has 3 N–H and O–H groups in total. The van der Waals surface area contributed by atoms with Crippen molar-refractivity contribution in [2.75, 3.05) is 36.4 Å². The van der Waals surface area contributed by atoms with E-state index in [-0.39, 0.29) is 11.9 Å². The standard InChI is InChI=1S/C25H39N11O3/c1-4-15(5-2)27-21-17-23(29-25(28-21)34-12-9-16(13-34)33-10-7-8-11-33)35(14-26-17)24-19(38)18(37)20(39-24)22-30-32-36(6-3)31-22/h14-16,18-20,24,37-38H,4-13H2,1-3H3,(H,27,28,29)/t16-,18+,19-,20+,24-/m1/s1. The Kier molecular flexibility index (Phi) is 7.35. The fraction of sp³-hybridized carbons (Fsp3) is 0.760. The van der Waals surface area contributed by atoms with E-state index in [2.05, 4.69) is 49.4 Å². The second-order valence-electron chi connectivity index (χ2n) is 10.8. The van der Waals surface area contributed by atoms with Crippen LogP contribution in [0.3, 0.4) is 0 Å². The van der Waals surface area contributed by atoms with Crippen molar-refractivity contribution in [3.8, 4) is 0 Å². The molecule has 6 heterocycles. The average molecular weight is 542 g/mol. The number of nitrogens with zero attached hydrogens (tertiary/aromatic N) is 10. The molecule has 3 aromatic heterocycles. The van der Waals surface area contributed by atoms with Crippen molar-refractivity contribution in [3.05, 3.63) is 12.2 Å². The topological polar surface area (TPSA) is 155 Å². The molecule has 39 heavy (non-hydrogen) atoms. The molecule has 3 saturated heterocycles. The zero-order valence-corrected chi connectivity index (χ0v) is 22.9. The van der Waals surface area contributed by atoms with Crippen LogP contribution >= 0.6 is 0 Å². The molecule has 0 aliphatic carbocycles. The summed E-state index contributed by atoms with van der Waals surface area (Å²) in [4.78, 5) is 20.8. The molecule has 3 aliphatic heterocycles. The number of anilines is 2. The Morgan fingerprint density at radius 2 is 1.87 bits per heavy atom. The molecule has 14 nitrogen and oxygen atoms in total. The van der Waals surface area contributed by atoms with Gasteiger partial charge in [-0.05, 0) is 57.3 Å². The van der Waals surface area contributed by atoms with Gasteiger partial charge in [-0.3, -0.25) is 9.47 Å². The van der Waals surface area contributed by atoms with Crippen molar-refractivity contribution in [2.24, 2.45) is 0 Å². The fourth-order valence-corrected chi connectivity index (χ4v) is 5.95. The Balaban J connectivity index is 1.34. The lowest BCUT2D eigenvalue weighted by molar-refractivity contribution is -0.0384. The molecule has 0 unspecified atom stereocenters. The summed E-state index contributed by atoms with van der Waals surface area (Å²) in [5.74, 6) is 1.53. The SMILES string of the molecule is CCC(CC)Nc1nc(N2CC[C@@H](N3CCCC3)C2)nc2c1ncn2[C@@H]1O[C@H](c2nnn(CC)n2)[C@@H](O)[C@H]1O. The van der Waals surface area contributed by atoms with Gasteiger partial charge in [0.2, 0.25) is 11.8 Å². The molecule has 3 fully saturated rings. The zero-order valence-electron chi connectivity index (χ0n) is 22.9. The lowest BCUT2D eigenvalue weighted by atomic mass is 10.1. The van der Waals surface area contributed by atoms with Gasteiger partial charge >= 0.3 is 0 Å². The van der Waals surface area contributed by atoms with Crippen LogP contribution in [-0.4, -0.2) is 105 Å². The van der Waals surface area contributed by atoms with E-state index in [4.69, 9.17) is 14.7 Å². The molecule has 3 aromatic rings. The molecule has 0 amide bonds. The lowest BCUT2D eigenvalue weighted by Gasteiger charge is -2.24. The Hall–Kier alpha value is -2.94. The molecule has 14 heteroatoms. The first-order valence-corrected chi connectivity index (χ1v) is 14.3. The summed E-state index contributed by atoms with van der Waals surface area (Å²) in [6.45, 7) is 10.8. The van der Waals surface area contributed by atoms with E-state index >= 15 is 0 Å². The van der Waals surface area contributed by atoms with E-state index in [0.29, 0.717) is 35.5 Å². The molecule has 0 radical (unpaired) electrons. The maximum atomic E-state index is 11.0. The van der Waals surface area contributed by atoms with Crippen molar-refractivity contribution in [3.63, 3.8) is 0 Å². The summed E-state index contributed by atoms with van der Waals surface area (Å²) in [5.41, 5.74) is 1.14. The van der Waals surface area contributed by atoms with Crippen molar-refractivity contribution in [2.45, 2.75) is 96.0 Å². The number of aliphatic hydroxyl groups is 2. The van der Waals surface area contributed by atoms with Crippen LogP contribution in [0.5, 0.6) is 0 Å². The Morgan fingerprint density at radius 1 is 1.08 bits per heavy atom. The van der Waals surface area contributed by atoms with Gasteiger partial charge in [0.15, 0.2) is 29.3 Å². The highest BCUT2D eigenvalue weighted by atomic mass is 16.6. The van der Waals surface area contributed by atoms with Gasteiger partial charge in [-0.15, -0.1) is 10.2 Å². The quantitative estimate of drug-likeness (QED) is 0.355. The first-order valence-electron chi connectivity index (χ1n) is 14.3. The highest BCUT2D eigenvalue weighted by Gasteiger charge is 2.47. The van der Waals surface area contributed by atoms with E-state index in [1.54, 1.807) is 10.9 Å². The van der Waals surface area contributed by atoms with Crippen LogP contribution in [0.1, 0.15) is 71.0 Å². The number of aromatic nitrogens is 8. The number of hydrogen-bond acceptors (Lipinski definition) is 12. The van der Waals surface area contributed by atoms with Crippen molar-refractivity contribution < 1.29 is 14.9 Å². The minimum Gasteiger partial charge on any atom is -0.387 e. The molecular weight excluding hydrogens is 502 g/mol. The third-order valence-electron chi connectivity index (χ3n) is 8.36. The summed E-state index contributed by atoms with van der Waals surface area (Å²) in [5, 5.41) is 37.7. The van der Waals surface area contributed by atoms with Crippen molar-refractivity contribution in [1.82, 2.24) is 44.6 Å². The largest absolute Gasteiger partial charge is 0.387 e. The summed E-state index contributed by atoms with van der Waals surface area (Å²) >= 11 is 0. The van der Waals surface area contributed by atoms with Crippen molar-refractivity contribution >= 4 is 22.9 Å². The maximum absolute atomic E-state index is 11.0. The monoisotopic (exact) mass is 541 g/mol. The summed E-state index contributed by atoms with van der Waals surface area (Å²) in [6, 6.07) is 0.746. The summed E-state index contributed by atoms with van der Waals surface area (Å²) in [7, 11) is 0. The average Bonchev–Trinajstić information content (AvgIpc) is 3.78. The van der Waals surface area contributed by atoms with Crippen molar-refractivity contribution in [1.29, 1.82) is 0 Å². The normalized spacial score (nSPS) is 27.9. The number of aryl methyl sites for hydroxylation is 1. The predicted octanol–water partition coefficient (Wildman–Crippen LogP) is 1.10. The van der Waals surface area contributed by atoms with Crippen LogP contribution in [0.25, 0.3) is 11.2 Å². The highest BCUT2D eigenvalue weighted by molar-refractivity contribution is 5.84. The minimum atomic E-state index is -1.24. The summed E-state index contributed by atoms with van der Waals surface area (Å²) in [6.07, 6.45) is 2.79. The van der Waals surface area contributed by atoms with Gasteiger partial charge in [0.1, 0.15) is 12.2 Å². The van der Waals surface area contributed by atoms with E-state index in [1.807, 2.05) is 6.92 Å². The van der Waals surface area contributed by atoms with Crippen LogP contribution in [-0.2, 0) is 11.3 Å². The second-order valence-corrected chi connectivity index (χ2v) is 10.8. The first-order chi connectivity index (χ1) is 19.0. The minimum absolute atomic E-state index is 0.228. The molecular formula is C25H39N11O3. The maximum Gasteiger partial charge on any atom is 0.229 e. The van der Waals surface area contributed by atoms with Gasteiger partial charge in [0, 0.05) is 25.2 Å². The molecule has 5 atom stereocenters. The Labute approximate surface area is 227 Å². The van der Waals surface area contributed by atoms with Crippen LogP contribution in [0, 0.1) is 0 Å². The fourth-order valence-electron chi connectivity index (χ4n) is 5.95. The van der Waals surface area contributed by atoms with Crippen LogP contribution in [0.4, 0.5) is 11.8 Å². The third-order valence-corrected chi connectivity index (χ3v) is 8.36. The molecule has 0 bridgehead atoms. The third kappa shape index (κ3) is 4.83. The predicted molar refractivity (Wildman–Crippen MR) is 143 cm³/mol. The number of aliphatic hydroxyl groups excluding tert-OH is 2. The first kappa shape index (κ1) is 26.3. The number of ether oxygens (including phenoxy) is 1. The number of tetrazole rings is 1. The summed E-state index contributed by atoms with van der Waals surface area (Å²) < 4.78 is 7.82. The van der Waals surface area contributed by atoms with Gasteiger partial charge < -0.3 is 25.2 Å². The Morgan fingerprint density at radius 3 is 2.59 bits per heavy atom. The second kappa shape index (κ2) is 10.9. The van der Waals surface area contributed by atoms with Crippen LogP contribution < -0.4 is 10.2 Å². The zero-order chi connectivity index (χ0) is 27.1. The van der Waals surface area contributed by atoms with Gasteiger partial charge in [-0.1, -0.05) is 13.8 Å². The molecule has 0 spiro atoms. The number of hydrogen-bond donors (Lipinski definition) is 3. The molecule has 6 rings (SSSR count). The highest BCUT2D eigenvalue weighted by Crippen LogP contribution is 2.39. The Bertz CT molecular complexity index is 1270. The number of likely N-dealkylation sites (tertiary alicyclic amines) is 1. The van der Waals surface area contributed by atoms with E-state index in [9.17, 15) is 10.2 Å². The molecule has 0 aromatic carbocycles. The number of rotatable bonds is 9. The number of fused-ring (bicyclic) bond motifs is 1. The molecule has 3 aliphatic rings. The number of imidazole rings is 1. The van der Waals surface area contributed by atoms with Crippen LogP contribution in [0.2, 0.25) is 0 Å². The van der Waals surface area contributed by atoms with E-state index in [1.165, 1.54) is 17.6 Å². The van der Waals surface area contributed by atoms with E-state index in [0.717, 1.165) is 45.4 Å². The van der Waals surface area contributed by atoms with Gasteiger partial charge in [-0.2, -0.15) is 14.8 Å².